The molecule has 4 amide bonds. The van der Waals surface area contributed by atoms with Crippen LogP contribution in [0.25, 0.3) is 11.8 Å². The molecule has 1 saturated heterocycles. The molecule has 1 fully saturated rings. The van der Waals surface area contributed by atoms with E-state index in [0.29, 0.717) is 6.54 Å². The minimum atomic E-state index is -0.644. The Morgan fingerprint density at radius 3 is 2.33 bits per heavy atom. The molecule has 158 valence electrons. The summed E-state index contributed by atoms with van der Waals surface area (Å²) in [5.74, 6) is -1.17. The summed E-state index contributed by atoms with van der Waals surface area (Å²) in [6.07, 6.45) is 5.39. The second-order valence-electron chi connectivity index (χ2n) is 7.83. The van der Waals surface area contributed by atoms with Gasteiger partial charge in [0.25, 0.3) is 11.8 Å². The summed E-state index contributed by atoms with van der Waals surface area (Å²) >= 11 is 0. The first kappa shape index (κ1) is 21.6. The Kier molecular flexibility index (Phi) is 6.55. The summed E-state index contributed by atoms with van der Waals surface area (Å²) in [6.45, 7) is 8.40. The number of carbonyl (C=O) groups is 3. The highest BCUT2D eigenvalue weighted by molar-refractivity contribution is 6.31. The van der Waals surface area contributed by atoms with Gasteiger partial charge in [-0.05, 0) is 57.0 Å². The van der Waals surface area contributed by atoms with E-state index in [1.54, 1.807) is 6.08 Å². The van der Waals surface area contributed by atoms with Crippen LogP contribution in [0.2, 0.25) is 0 Å². The molecule has 0 aliphatic carbocycles. The fourth-order valence-electron chi connectivity index (χ4n) is 3.77. The quantitative estimate of drug-likeness (QED) is 0.419. The van der Waals surface area contributed by atoms with Gasteiger partial charge in [0.15, 0.2) is 0 Å². The van der Waals surface area contributed by atoms with Crippen LogP contribution in [0.4, 0.5) is 4.79 Å². The van der Waals surface area contributed by atoms with Gasteiger partial charge < -0.3 is 4.57 Å². The number of imide groups is 2. The number of amides is 4. The topological polar surface area (TPSA) is 71.4 Å². The van der Waals surface area contributed by atoms with E-state index < -0.39 is 17.8 Å². The third-order valence-corrected chi connectivity index (χ3v) is 5.48. The highest BCUT2D eigenvalue weighted by atomic mass is 16.2. The van der Waals surface area contributed by atoms with E-state index in [1.807, 2.05) is 51.1 Å². The van der Waals surface area contributed by atoms with E-state index in [1.165, 1.54) is 5.56 Å². The average Bonchev–Trinajstić information content (AvgIpc) is 2.98. The molecular formula is C24H29N3O3. The van der Waals surface area contributed by atoms with Gasteiger partial charge in [-0.25, -0.2) is 4.79 Å². The summed E-state index contributed by atoms with van der Waals surface area (Å²) in [4.78, 5) is 38.6. The lowest BCUT2D eigenvalue weighted by Crippen LogP contribution is -2.54. The highest BCUT2D eigenvalue weighted by Gasteiger charge is 2.35. The van der Waals surface area contributed by atoms with E-state index in [2.05, 4.69) is 16.8 Å². The van der Waals surface area contributed by atoms with Crippen molar-refractivity contribution in [3.05, 3.63) is 58.4 Å². The first-order valence-corrected chi connectivity index (χ1v) is 10.5. The van der Waals surface area contributed by atoms with Gasteiger partial charge in [-0.1, -0.05) is 43.9 Å². The molecule has 1 aromatic carbocycles. The monoisotopic (exact) mass is 407 g/mol. The Balaban J connectivity index is 1.90. The summed E-state index contributed by atoms with van der Waals surface area (Å²) < 4.78 is 2.09. The maximum atomic E-state index is 12.9. The first-order valence-electron chi connectivity index (χ1n) is 10.5. The number of aromatic nitrogens is 1. The number of aryl methyl sites for hydroxylation is 2. The van der Waals surface area contributed by atoms with Crippen LogP contribution < -0.4 is 5.32 Å². The van der Waals surface area contributed by atoms with E-state index >= 15 is 0 Å². The molecule has 1 aromatic heterocycles. The molecule has 0 spiro atoms. The summed E-state index contributed by atoms with van der Waals surface area (Å²) in [5, 5.41) is 2.30. The normalized spacial score (nSPS) is 15.8. The van der Waals surface area contributed by atoms with Crippen LogP contribution in [0.3, 0.4) is 0 Å². The third kappa shape index (κ3) is 4.37. The van der Waals surface area contributed by atoms with Crippen molar-refractivity contribution in [2.24, 2.45) is 0 Å². The lowest BCUT2D eigenvalue weighted by molar-refractivity contribution is -0.130. The molecule has 2 aromatic rings. The molecule has 0 saturated carbocycles. The zero-order valence-electron chi connectivity index (χ0n) is 18.1. The number of rotatable bonds is 7. The lowest BCUT2D eigenvalue weighted by atomic mass is 10.1. The Hall–Kier alpha value is -3.15. The van der Waals surface area contributed by atoms with Crippen LogP contribution in [-0.4, -0.2) is 33.9 Å². The van der Waals surface area contributed by atoms with Crippen molar-refractivity contribution in [3.63, 3.8) is 0 Å². The first-order chi connectivity index (χ1) is 14.3. The van der Waals surface area contributed by atoms with Crippen LogP contribution in [-0.2, 0) is 9.59 Å². The van der Waals surface area contributed by atoms with Crippen LogP contribution >= 0.6 is 0 Å². The fourth-order valence-corrected chi connectivity index (χ4v) is 3.77. The molecule has 0 atom stereocenters. The molecular weight excluding hydrogens is 378 g/mol. The smallest absolute Gasteiger partial charge is 0.318 e. The number of unbranched alkanes of at least 4 members (excludes halogenated alkanes) is 3. The number of hydrogen-bond donors (Lipinski definition) is 1. The molecule has 30 heavy (non-hydrogen) atoms. The van der Waals surface area contributed by atoms with Crippen molar-refractivity contribution in [3.8, 4) is 5.69 Å². The third-order valence-electron chi connectivity index (χ3n) is 5.48. The van der Waals surface area contributed by atoms with Gasteiger partial charge in [-0.3, -0.25) is 19.8 Å². The predicted molar refractivity (Wildman–Crippen MR) is 117 cm³/mol. The Labute approximate surface area is 177 Å². The highest BCUT2D eigenvalue weighted by Crippen LogP contribution is 2.24. The van der Waals surface area contributed by atoms with Gasteiger partial charge in [0.2, 0.25) is 0 Å². The molecule has 3 rings (SSSR count). The largest absolute Gasteiger partial charge is 0.331 e. The number of carbonyl (C=O) groups excluding carboxylic acids is 3. The standard InChI is InChI=1S/C24H29N3O3/c1-5-6-7-8-13-26-23(29)21(22(28)25-24(26)30)15-19-14-17(3)27(18(19)4)20-11-9-16(2)10-12-20/h9-12,14-15H,5-8,13H2,1-4H3,(H,25,28,30)/b21-15-. The Morgan fingerprint density at radius 2 is 1.67 bits per heavy atom. The number of hydrogen-bond acceptors (Lipinski definition) is 3. The van der Waals surface area contributed by atoms with Crippen molar-refractivity contribution in [1.29, 1.82) is 0 Å². The summed E-state index contributed by atoms with van der Waals surface area (Å²) in [6, 6.07) is 9.50. The van der Waals surface area contributed by atoms with E-state index in [9.17, 15) is 14.4 Å². The molecule has 0 radical (unpaired) electrons. The van der Waals surface area contributed by atoms with Crippen molar-refractivity contribution in [2.45, 2.75) is 53.4 Å². The molecule has 6 nitrogen and oxygen atoms in total. The second kappa shape index (κ2) is 9.11. The lowest BCUT2D eigenvalue weighted by Gasteiger charge is -2.26. The molecule has 0 bridgehead atoms. The van der Waals surface area contributed by atoms with Crippen molar-refractivity contribution in [2.75, 3.05) is 6.54 Å². The average molecular weight is 408 g/mol. The van der Waals surface area contributed by atoms with Crippen molar-refractivity contribution >= 4 is 23.9 Å². The van der Waals surface area contributed by atoms with Gasteiger partial charge in [0.05, 0.1) is 0 Å². The molecule has 6 heteroatoms. The second-order valence-corrected chi connectivity index (χ2v) is 7.83. The molecule has 1 N–H and O–H groups in total. The van der Waals surface area contributed by atoms with Gasteiger partial charge in [-0.2, -0.15) is 0 Å². The van der Waals surface area contributed by atoms with Crippen molar-refractivity contribution in [1.82, 2.24) is 14.8 Å². The number of urea groups is 1. The number of nitrogens with zero attached hydrogens (tertiary/aromatic N) is 2. The maximum Gasteiger partial charge on any atom is 0.331 e. The summed E-state index contributed by atoms with van der Waals surface area (Å²) in [7, 11) is 0. The Bertz CT molecular complexity index is 999. The van der Waals surface area contributed by atoms with Gasteiger partial charge in [0, 0.05) is 23.6 Å². The number of nitrogens with one attached hydrogen (secondary N) is 1. The summed E-state index contributed by atoms with van der Waals surface area (Å²) in [5.41, 5.74) is 4.90. The molecule has 1 aliphatic rings. The minimum Gasteiger partial charge on any atom is -0.318 e. The number of benzene rings is 1. The van der Waals surface area contributed by atoms with Crippen LogP contribution in [0.15, 0.2) is 35.9 Å². The zero-order chi connectivity index (χ0) is 21.8. The van der Waals surface area contributed by atoms with Gasteiger partial charge in [-0.15, -0.1) is 0 Å². The Morgan fingerprint density at radius 1 is 0.967 bits per heavy atom. The fraction of sp³-hybridized carbons (Fsp3) is 0.375. The van der Waals surface area contributed by atoms with Crippen LogP contribution in [0, 0.1) is 20.8 Å². The minimum absolute atomic E-state index is 0.00533. The van der Waals surface area contributed by atoms with Gasteiger partial charge in [0.1, 0.15) is 5.57 Å². The van der Waals surface area contributed by atoms with Crippen LogP contribution in [0.5, 0.6) is 0 Å². The van der Waals surface area contributed by atoms with Crippen LogP contribution in [0.1, 0.15) is 55.1 Å². The van der Waals surface area contributed by atoms with E-state index in [0.717, 1.165) is 53.2 Å². The predicted octanol–water partition coefficient (Wildman–Crippen LogP) is 4.44. The van der Waals surface area contributed by atoms with Gasteiger partial charge >= 0.3 is 6.03 Å². The zero-order valence-corrected chi connectivity index (χ0v) is 18.1. The maximum absolute atomic E-state index is 12.9. The van der Waals surface area contributed by atoms with E-state index in [-0.39, 0.29) is 5.57 Å². The van der Waals surface area contributed by atoms with Crippen molar-refractivity contribution < 1.29 is 14.4 Å². The SMILES string of the molecule is CCCCCCN1C(=O)NC(=O)/C(=C/c2cc(C)n(-c3ccc(C)cc3)c2C)C1=O. The van der Waals surface area contributed by atoms with E-state index in [4.69, 9.17) is 0 Å². The molecule has 1 aliphatic heterocycles. The molecule has 2 heterocycles. The number of barbiturate groups is 1. The molecule has 0 unspecified atom stereocenters.